The summed E-state index contributed by atoms with van der Waals surface area (Å²) in [5, 5.41) is 3.45. The molecule has 0 aliphatic carbocycles. The Bertz CT molecular complexity index is 1170. The molecule has 1 aliphatic heterocycles. The summed E-state index contributed by atoms with van der Waals surface area (Å²) in [7, 11) is 0. The summed E-state index contributed by atoms with van der Waals surface area (Å²) in [5.74, 6) is -0.0766. The average molecular weight is 477 g/mol. The molecule has 1 saturated heterocycles. The zero-order chi connectivity index (χ0) is 24.3. The van der Waals surface area contributed by atoms with Gasteiger partial charge in [0.2, 0.25) is 0 Å². The first-order valence-corrected chi connectivity index (χ1v) is 11.8. The Morgan fingerprint density at radius 1 is 0.941 bits per heavy atom. The third-order valence-electron chi connectivity index (χ3n) is 5.71. The van der Waals surface area contributed by atoms with Crippen LogP contribution in [0.15, 0.2) is 72.8 Å². The van der Waals surface area contributed by atoms with E-state index in [1.165, 1.54) is 0 Å². The number of hydrogen-bond acceptors (Lipinski definition) is 3. The van der Waals surface area contributed by atoms with Crippen LogP contribution in [0, 0.1) is 0 Å². The fraction of sp³-hybridized carbons (Fsp3) is 0.286. The molecule has 0 radical (unpaired) electrons. The number of carbonyl (C=O) groups excluding carboxylic acids is 2. The maximum atomic E-state index is 13.2. The van der Waals surface area contributed by atoms with Crippen molar-refractivity contribution < 1.29 is 14.3 Å². The van der Waals surface area contributed by atoms with Crippen LogP contribution in [0.2, 0.25) is 5.02 Å². The lowest BCUT2D eigenvalue weighted by Crippen LogP contribution is -2.41. The first kappa shape index (κ1) is 23.8. The summed E-state index contributed by atoms with van der Waals surface area (Å²) in [6.07, 6.45) is 0.228. The quantitative estimate of drug-likeness (QED) is 0.473. The molecule has 1 aliphatic rings. The highest BCUT2D eigenvalue weighted by Gasteiger charge is 2.29. The highest BCUT2D eigenvalue weighted by Crippen LogP contribution is 2.31. The number of carbonyl (C=O) groups is 2. The van der Waals surface area contributed by atoms with E-state index in [9.17, 15) is 9.59 Å². The van der Waals surface area contributed by atoms with E-state index < -0.39 is 11.7 Å². The lowest BCUT2D eigenvalue weighted by atomic mass is 9.99. The molecule has 6 heteroatoms. The number of nitrogens with zero attached hydrogens (tertiary/aromatic N) is 1. The van der Waals surface area contributed by atoms with Crippen LogP contribution in [0.3, 0.4) is 0 Å². The van der Waals surface area contributed by atoms with E-state index >= 15 is 0 Å². The van der Waals surface area contributed by atoms with E-state index in [4.69, 9.17) is 16.3 Å². The highest BCUT2D eigenvalue weighted by atomic mass is 35.5. The molecule has 0 aromatic heterocycles. The van der Waals surface area contributed by atoms with Gasteiger partial charge in [0.15, 0.2) is 0 Å². The van der Waals surface area contributed by atoms with Crippen LogP contribution in [-0.4, -0.2) is 41.6 Å². The Hall–Kier alpha value is -3.31. The summed E-state index contributed by atoms with van der Waals surface area (Å²) < 4.78 is 5.33. The standard InChI is InChI=1S/C28H29ClN2O3/c1-28(2,3)34-27(33)30-23-15-16-31(18-23)26(32)22-13-14-25(29)24(17-22)21-11-9-20(10-12-21)19-7-5-4-6-8-19/h4-14,17,23H,15-16,18H2,1-3H3,(H,30,33). The van der Waals surface area contributed by atoms with Crippen molar-refractivity contribution in [1.29, 1.82) is 0 Å². The number of amides is 2. The van der Waals surface area contributed by atoms with Gasteiger partial charge in [0.05, 0.1) is 6.04 Å². The minimum Gasteiger partial charge on any atom is -0.444 e. The van der Waals surface area contributed by atoms with Crippen LogP contribution in [0.25, 0.3) is 22.3 Å². The van der Waals surface area contributed by atoms with Gasteiger partial charge in [-0.1, -0.05) is 66.2 Å². The molecule has 2 amide bonds. The molecular weight excluding hydrogens is 448 g/mol. The molecule has 1 unspecified atom stereocenters. The fourth-order valence-electron chi connectivity index (χ4n) is 4.07. The molecular formula is C28H29ClN2O3. The highest BCUT2D eigenvalue weighted by molar-refractivity contribution is 6.33. The van der Waals surface area contributed by atoms with Crippen molar-refractivity contribution in [3.63, 3.8) is 0 Å². The summed E-state index contributed by atoms with van der Waals surface area (Å²) >= 11 is 6.50. The smallest absolute Gasteiger partial charge is 0.407 e. The van der Waals surface area contributed by atoms with Crippen molar-refractivity contribution >= 4 is 23.6 Å². The number of nitrogens with one attached hydrogen (secondary N) is 1. The van der Waals surface area contributed by atoms with Crippen LogP contribution < -0.4 is 5.32 Å². The Balaban J connectivity index is 1.46. The molecule has 0 bridgehead atoms. The van der Waals surface area contributed by atoms with Crippen LogP contribution in [0.5, 0.6) is 0 Å². The van der Waals surface area contributed by atoms with Crippen molar-refractivity contribution in [2.75, 3.05) is 13.1 Å². The zero-order valence-corrected chi connectivity index (χ0v) is 20.4. The third-order valence-corrected chi connectivity index (χ3v) is 6.04. The second-order valence-corrected chi connectivity index (χ2v) is 9.93. The van der Waals surface area contributed by atoms with Gasteiger partial charge in [0, 0.05) is 29.2 Å². The lowest BCUT2D eigenvalue weighted by Gasteiger charge is -2.22. The number of likely N-dealkylation sites (tertiary alicyclic amines) is 1. The van der Waals surface area contributed by atoms with E-state index in [1.54, 1.807) is 17.0 Å². The topological polar surface area (TPSA) is 58.6 Å². The molecule has 176 valence electrons. The average Bonchev–Trinajstić information content (AvgIpc) is 3.26. The molecule has 0 spiro atoms. The van der Waals surface area contributed by atoms with Crippen LogP contribution in [-0.2, 0) is 4.74 Å². The van der Waals surface area contributed by atoms with Crippen molar-refractivity contribution in [2.45, 2.75) is 38.8 Å². The molecule has 5 nitrogen and oxygen atoms in total. The predicted molar refractivity (Wildman–Crippen MR) is 136 cm³/mol. The maximum absolute atomic E-state index is 13.2. The van der Waals surface area contributed by atoms with E-state index in [0.29, 0.717) is 30.1 Å². The maximum Gasteiger partial charge on any atom is 0.407 e. The molecule has 3 aromatic rings. The van der Waals surface area contributed by atoms with Gasteiger partial charge in [-0.05, 0) is 62.1 Å². The van der Waals surface area contributed by atoms with Crippen LogP contribution in [0.1, 0.15) is 37.6 Å². The minimum atomic E-state index is -0.558. The third kappa shape index (κ3) is 5.78. The fourth-order valence-corrected chi connectivity index (χ4v) is 4.30. The number of rotatable bonds is 4. The number of alkyl carbamates (subject to hydrolysis) is 1. The van der Waals surface area contributed by atoms with Gasteiger partial charge in [0.1, 0.15) is 5.60 Å². The summed E-state index contributed by atoms with van der Waals surface area (Å²) in [6, 6.07) is 23.6. The molecule has 1 fully saturated rings. The SMILES string of the molecule is CC(C)(C)OC(=O)NC1CCN(C(=O)c2ccc(Cl)c(-c3ccc(-c4ccccc4)cc3)c2)C1. The normalized spacial score (nSPS) is 15.8. The molecule has 1 atom stereocenters. The van der Waals surface area contributed by atoms with Gasteiger partial charge in [-0.25, -0.2) is 4.79 Å². The Morgan fingerprint density at radius 2 is 1.59 bits per heavy atom. The van der Waals surface area contributed by atoms with E-state index in [1.807, 2.05) is 57.2 Å². The Labute approximate surface area is 205 Å². The molecule has 3 aromatic carbocycles. The van der Waals surface area contributed by atoms with Crippen molar-refractivity contribution in [3.8, 4) is 22.3 Å². The molecule has 4 rings (SSSR count). The molecule has 0 saturated carbocycles. The second-order valence-electron chi connectivity index (χ2n) is 9.52. The number of benzene rings is 3. The van der Waals surface area contributed by atoms with Gasteiger partial charge >= 0.3 is 6.09 Å². The largest absolute Gasteiger partial charge is 0.444 e. The summed E-state index contributed by atoms with van der Waals surface area (Å²) in [4.78, 5) is 27.0. The van der Waals surface area contributed by atoms with Crippen LogP contribution in [0.4, 0.5) is 4.79 Å². The lowest BCUT2D eigenvalue weighted by molar-refractivity contribution is 0.0502. The first-order chi connectivity index (χ1) is 16.2. The molecule has 1 N–H and O–H groups in total. The van der Waals surface area contributed by atoms with Gasteiger partial charge in [-0.2, -0.15) is 0 Å². The van der Waals surface area contributed by atoms with Gasteiger partial charge in [-0.15, -0.1) is 0 Å². The summed E-state index contributed by atoms with van der Waals surface area (Å²) in [6.45, 7) is 6.49. The van der Waals surface area contributed by atoms with Crippen molar-refractivity contribution in [3.05, 3.63) is 83.4 Å². The predicted octanol–water partition coefficient (Wildman–Crippen LogP) is 6.41. The van der Waals surface area contributed by atoms with Gasteiger partial charge < -0.3 is 15.0 Å². The van der Waals surface area contributed by atoms with E-state index in [0.717, 1.165) is 22.3 Å². The van der Waals surface area contributed by atoms with Crippen molar-refractivity contribution in [1.82, 2.24) is 10.2 Å². The van der Waals surface area contributed by atoms with E-state index in [-0.39, 0.29) is 11.9 Å². The van der Waals surface area contributed by atoms with E-state index in [2.05, 4.69) is 29.6 Å². The van der Waals surface area contributed by atoms with Gasteiger partial charge in [-0.3, -0.25) is 4.79 Å². The second kappa shape index (κ2) is 9.90. The monoisotopic (exact) mass is 476 g/mol. The zero-order valence-electron chi connectivity index (χ0n) is 19.7. The van der Waals surface area contributed by atoms with Gasteiger partial charge in [0.25, 0.3) is 5.91 Å². The van der Waals surface area contributed by atoms with Crippen LogP contribution >= 0.6 is 11.6 Å². The Kier molecular flexibility index (Phi) is 6.94. The number of hydrogen-bond donors (Lipinski definition) is 1. The first-order valence-electron chi connectivity index (χ1n) is 11.4. The number of ether oxygens (including phenoxy) is 1. The Morgan fingerprint density at radius 3 is 2.26 bits per heavy atom. The van der Waals surface area contributed by atoms with Crippen molar-refractivity contribution in [2.24, 2.45) is 0 Å². The number of halogens is 1. The minimum absolute atomic E-state index is 0.0766. The molecule has 1 heterocycles. The molecule has 34 heavy (non-hydrogen) atoms. The summed E-state index contributed by atoms with van der Waals surface area (Å²) in [5.41, 5.74) is 4.04.